The van der Waals surface area contributed by atoms with Crippen molar-refractivity contribution in [3.8, 4) is 6.07 Å². The molecule has 1 saturated carbocycles. The van der Waals surface area contributed by atoms with Crippen molar-refractivity contribution < 1.29 is 4.79 Å². The number of hydrogen-bond donors (Lipinski definition) is 0. The number of thioether (sulfide) groups is 1. The van der Waals surface area contributed by atoms with Gasteiger partial charge in [-0.15, -0.1) is 11.8 Å². The second-order valence-corrected chi connectivity index (χ2v) is 7.05. The van der Waals surface area contributed by atoms with Crippen molar-refractivity contribution in [2.75, 3.05) is 12.3 Å². The maximum atomic E-state index is 12.7. The fourth-order valence-corrected chi connectivity index (χ4v) is 3.05. The molecule has 1 amide bonds. The minimum atomic E-state index is 0.100. The van der Waals surface area contributed by atoms with Gasteiger partial charge in [0, 0.05) is 23.0 Å². The molecule has 2 atom stereocenters. The Hall–Kier alpha value is -1.47. The number of nitriles is 1. The van der Waals surface area contributed by atoms with Gasteiger partial charge in [-0.25, -0.2) is 0 Å². The molecule has 0 saturated heterocycles. The quantitative estimate of drug-likeness (QED) is 0.751. The number of hydrogen-bond acceptors (Lipinski definition) is 3. The van der Waals surface area contributed by atoms with Crippen LogP contribution in [0.5, 0.6) is 0 Å². The van der Waals surface area contributed by atoms with Crippen molar-refractivity contribution in [2.45, 2.75) is 38.1 Å². The lowest BCUT2D eigenvalue weighted by Crippen LogP contribution is -2.38. The van der Waals surface area contributed by atoms with Crippen LogP contribution in [-0.4, -0.2) is 29.1 Å². The van der Waals surface area contributed by atoms with Gasteiger partial charge in [0.25, 0.3) is 5.91 Å². The van der Waals surface area contributed by atoms with E-state index in [-0.39, 0.29) is 11.9 Å². The molecule has 1 aliphatic carbocycles. The molecule has 0 N–H and O–H groups in total. The Balaban J connectivity index is 2.10. The molecule has 0 aliphatic heterocycles. The Labute approximate surface area is 131 Å². The molecule has 0 radical (unpaired) electrons. The van der Waals surface area contributed by atoms with Crippen LogP contribution in [0.15, 0.2) is 29.2 Å². The molecule has 0 bridgehead atoms. The van der Waals surface area contributed by atoms with Crippen molar-refractivity contribution in [1.29, 1.82) is 5.26 Å². The van der Waals surface area contributed by atoms with Crippen molar-refractivity contribution in [3.05, 3.63) is 29.8 Å². The SMILES string of the molecule is CC(C)N(C[C@@H]1C[C@@H]1C)C(=O)c1cccc(SCC#N)c1. The highest BCUT2D eigenvalue weighted by atomic mass is 32.2. The summed E-state index contributed by atoms with van der Waals surface area (Å²) in [6, 6.07) is 9.93. The number of nitrogens with zero attached hydrogens (tertiary/aromatic N) is 2. The lowest BCUT2D eigenvalue weighted by Gasteiger charge is -2.27. The Kier molecular flexibility index (Phi) is 5.30. The first-order chi connectivity index (χ1) is 10.0. The van der Waals surface area contributed by atoms with Gasteiger partial charge in [-0.3, -0.25) is 4.79 Å². The third-order valence-corrected chi connectivity index (χ3v) is 4.84. The van der Waals surface area contributed by atoms with E-state index >= 15 is 0 Å². The standard InChI is InChI=1S/C17H22N2OS/c1-12(2)19(11-15-9-13(15)3)17(20)14-5-4-6-16(10-14)21-8-7-18/h4-6,10,12-13,15H,8-9,11H2,1-3H3/t13-,15-/m0/s1. The molecule has 0 unspecified atom stereocenters. The van der Waals surface area contributed by atoms with Gasteiger partial charge in [-0.2, -0.15) is 5.26 Å². The first-order valence-corrected chi connectivity index (χ1v) is 8.42. The van der Waals surface area contributed by atoms with Gasteiger partial charge >= 0.3 is 0 Å². The summed E-state index contributed by atoms with van der Waals surface area (Å²) in [6.45, 7) is 7.23. The molecule has 1 aliphatic rings. The topological polar surface area (TPSA) is 44.1 Å². The number of carbonyl (C=O) groups is 1. The zero-order valence-corrected chi connectivity index (χ0v) is 13.7. The predicted octanol–water partition coefficient (Wildman–Crippen LogP) is 3.81. The maximum Gasteiger partial charge on any atom is 0.254 e. The maximum absolute atomic E-state index is 12.7. The average Bonchev–Trinajstić information content (AvgIpc) is 3.17. The van der Waals surface area contributed by atoms with Gasteiger partial charge in [0.1, 0.15) is 0 Å². The summed E-state index contributed by atoms with van der Waals surface area (Å²) in [5.74, 6) is 1.91. The predicted molar refractivity (Wildman–Crippen MR) is 86.2 cm³/mol. The van der Waals surface area contributed by atoms with Crippen LogP contribution in [0.4, 0.5) is 0 Å². The van der Waals surface area contributed by atoms with Crippen molar-refractivity contribution in [3.63, 3.8) is 0 Å². The number of benzene rings is 1. The van der Waals surface area contributed by atoms with Crippen LogP contribution < -0.4 is 0 Å². The van der Waals surface area contributed by atoms with Gasteiger partial charge < -0.3 is 4.90 Å². The van der Waals surface area contributed by atoms with E-state index in [1.54, 1.807) is 0 Å². The number of carbonyl (C=O) groups excluding carboxylic acids is 1. The average molecular weight is 302 g/mol. The van der Waals surface area contributed by atoms with Crippen LogP contribution in [0, 0.1) is 23.2 Å². The number of amides is 1. The lowest BCUT2D eigenvalue weighted by molar-refractivity contribution is 0.0693. The molecule has 4 heteroatoms. The Bertz CT molecular complexity index is 550. The third kappa shape index (κ3) is 4.25. The van der Waals surface area contributed by atoms with Gasteiger partial charge in [-0.1, -0.05) is 13.0 Å². The van der Waals surface area contributed by atoms with Gasteiger partial charge in [0.15, 0.2) is 0 Å². The fourth-order valence-electron chi connectivity index (χ4n) is 2.43. The summed E-state index contributed by atoms with van der Waals surface area (Å²) >= 11 is 1.47. The highest BCUT2D eigenvalue weighted by Gasteiger charge is 2.36. The van der Waals surface area contributed by atoms with E-state index in [4.69, 9.17) is 5.26 Å². The minimum Gasteiger partial charge on any atom is -0.336 e. The Morgan fingerprint density at radius 2 is 2.24 bits per heavy atom. The molecule has 21 heavy (non-hydrogen) atoms. The molecule has 1 aromatic rings. The van der Waals surface area contributed by atoms with Crippen LogP contribution in [-0.2, 0) is 0 Å². The molecule has 112 valence electrons. The summed E-state index contributed by atoms with van der Waals surface area (Å²) < 4.78 is 0. The van der Waals surface area contributed by atoms with Gasteiger partial charge in [-0.05, 0) is 50.3 Å². The van der Waals surface area contributed by atoms with E-state index in [2.05, 4.69) is 26.8 Å². The van der Waals surface area contributed by atoms with E-state index < -0.39 is 0 Å². The first-order valence-electron chi connectivity index (χ1n) is 7.43. The molecule has 1 aromatic carbocycles. The highest BCUT2D eigenvalue weighted by molar-refractivity contribution is 7.99. The summed E-state index contributed by atoms with van der Waals surface area (Å²) in [4.78, 5) is 15.7. The van der Waals surface area contributed by atoms with Crippen molar-refractivity contribution >= 4 is 17.7 Å². The van der Waals surface area contributed by atoms with Crippen molar-refractivity contribution in [1.82, 2.24) is 4.90 Å². The minimum absolute atomic E-state index is 0.100. The molecule has 0 heterocycles. The van der Waals surface area contributed by atoms with Crippen molar-refractivity contribution in [2.24, 2.45) is 11.8 Å². The summed E-state index contributed by atoms with van der Waals surface area (Å²) in [5.41, 5.74) is 0.722. The lowest BCUT2D eigenvalue weighted by atomic mass is 10.1. The molecule has 0 aromatic heterocycles. The van der Waals surface area contributed by atoms with Crippen LogP contribution >= 0.6 is 11.8 Å². The second-order valence-electron chi connectivity index (χ2n) is 6.00. The summed E-state index contributed by atoms with van der Waals surface area (Å²) in [7, 11) is 0. The number of rotatable bonds is 6. The third-order valence-electron chi connectivity index (χ3n) is 3.98. The second kappa shape index (κ2) is 7.00. The zero-order valence-electron chi connectivity index (χ0n) is 12.9. The molecule has 2 rings (SSSR count). The van der Waals surface area contributed by atoms with Gasteiger partial charge in [0.2, 0.25) is 0 Å². The normalized spacial score (nSPS) is 20.1. The molecular formula is C17H22N2OS. The van der Waals surface area contributed by atoms with E-state index in [0.717, 1.165) is 22.9 Å². The van der Waals surface area contributed by atoms with Crippen LogP contribution in [0.2, 0.25) is 0 Å². The zero-order chi connectivity index (χ0) is 15.4. The highest BCUT2D eigenvalue weighted by Crippen LogP contribution is 2.38. The van der Waals surface area contributed by atoms with E-state index in [1.807, 2.05) is 29.2 Å². The largest absolute Gasteiger partial charge is 0.336 e. The molecule has 1 fully saturated rings. The van der Waals surface area contributed by atoms with Gasteiger partial charge in [0.05, 0.1) is 11.8 Å². The summed E-state index contributed by atoms with van der Waals surface area (Å²) in [5, 5.41) is 8.65. The summed E-state index contributed by atoms with van der Waals surface area (Å²) in [6.07, 6.45) is 1.23. The Morgan fingerprint density at radius 1 is 1.52 bits per heavy atom. The van der Waals surface area contributed by atoms with Crippen LogP contribution in [0.25, 0.3) is 0 Å². The fraction of sp³-hybridized carbons (Fsp3) is 0.529. The van der Waals surface area contributed by atoms with Crippen LogP contribution in [0.1, 0.15) is 37.6 Å². The molecule has 3 nitrogen and oxygen atoms in total. The van der Waals surface area contributed by atoms with Crippen LogP contribution in [0.3, 0.4) is 0 Å². The van der Waals surface area contributed by atoms with E-state index in [9.17, 15) is 4.79 Å². The smallest absolute Gasteiger partial charge is 0.254 e. The first kappa shape index (κ1) is 15.9. The van der Waals surface area contributed by atoms with E-state index in [1.165, 1.54) is 18.2 Å². The molecule has 0 spiro atoms. The monoisotopic (exact) mass is 302 g/mol. The Morgan fingerprint density at radius 3 is 2.81 bits per heavy atom. The van der Waals surface area contributed by atoms with E-state index in [0.29, 0.717) is 11.7 Å². The molecular weight excluding hydrogens is 280 g/mol.